The smallest absolute Gasteiger partial charge is 0.221 e. The molecule has 0 amide bonds. The Bertz CT molecular complexity index is 1890. The summed E-state index contributed by atoms with van der Waals surface area (Å²) in [5.74, 6) is 0.326. The summed E-state index contributed by atoms with van der Waals surface area (Å²) in [6.45, 7) is 8.01. The molecule has 0 bridgehead atoms. The minimum Gasteiger partial charge on any atom is -0.481 e. The van der Waals surface area contributed by atoms with Crippen LogP contribution in [-0.2, 0) is 19.6 Å². The summed E-state index contributed by atoms with van der Waals surface area (Å²) in [5.41, 5.74) is 2.37. The molecule has 6 aromatic rings. The van der Waals surface area contributed by atoms with Crippen molar-refractivity contribution in [3.05, 3.63) is 77.0 Å². The number of aromatic nitrogens is 6. The van der Waals surface area contributed by atoms with E-state index in [4.69, 9.17) is 39.5 Å². The van der Waals surface area contributed by atoms with Crippen LogP contribution in [0.1, 0.15) is 20.8 Å². The number of aryl methyl sites for hydroxylation is 3. The molecule has 0 unspecified atom stereocenters. The maximum atomic E-state index is 13.7. The van der Waals surface area contributed by atoms with E-state index in [-0.39, 0.29) is 5.95 Å². The van der Waals surface area contributed by atoms with Gasteiger partial charge in [0, 0.05) is 44.6 Å². The van der Waals surface area contributed by atoms with Gasteiger partial charge in [0.25, 0.3) is 0 Å². The van der Waals surface area contributed by atoms with Crippen molar-refractivity contribution in [2.24, 2.45) is 0 Å². The van der Waals surface area contributed by atoms with Crippen LogP contribution in [0.2, 0.25) is 15.1 Å². The monoisotopic (exact) mass is 822 g/mol. The molecule has 0 radical (unpaired) electrons. The Morgan fingerprint density at radius 1 is 0.690 bits per heavy atom. The largest absolute Gasteiger partial charge is 0.481 e. The minimum atomic E-state index is -0.381. The molecule has 14 heteroatoms. The number of hydrogen-bond donors (Lipinski definition) is 0. The second-order valence-corrected chi connectivity index (χ2v) is 12.4. The van der Waals surface area contributed by atoms with Gasteiger partial charge in [-0.1, -0.05) is 34.8 Å². The van der Waals surface area contributed by atoms with E-state index in [1.165, 1.54) is 4.68 Å². The van der Waals surface area contributed by atoms with Crippen LogP contribution in [0.25, 0.3) is 32.7 Å². The third-order valence-electron chi connectivity index (χ3n) is 6.22. The van der Waals surface area contributed by atoms with Crippen molar-refractivity contribution in [2.75, 3.05) is 7.11 Å². The standard InChI is InChI=1S/C10H10BrClN2O.C9H7BrClFN2.C9H8BrClN2/c1-3-14-10(15-2)8-7(13-14)5-4-6(11)9(8)12;1-2-14-9(12)7-6(13-14)4-3-5(10)8(7)11;1-2-13-5-6-8(12-13)4-3-7(10)9(6)11/h4-5H,3H2,1-2H3;3-4H,2H2,1H3;3-5H,2H2,1H3. The van der Waals surface area contributed by atoms with Gasteiger partial charge in [-0.25, -0.2) is 9.36 Å². The average molecular weight is 827 g/mol. The van der Waals surface area contributed by atoms with Crippen LogP contribution in [0, 0.1) is 5.95 Å². The maximum Gasteiger partial charge on any atom is 0.221 e. The first kappa shape index (κ1) is 33.0. The number of methoxy groups -OCH3 is 1. The van der Waals surface area contributed by atoms with Gasteiger partial charge in [-0.05, 0) is 105 Å². The third kappa shape index (κ3) is 6.61. The van der Waals surface area contributed by atoms with E-state index in [0.29, 0.717) is 37.8 Å². The van der Waals surface area contributed by atoms with E-state index in [0.717, 1.165) is 48.9 Å². The number of ether oxygens (including phenoxy) is 1. The Labute approximate surface area is 282 Å². The lowest BCUT2D eigenvalue weighted by atomic mass is 10.2. The van der Waals surface area contributed by atoms with E-state index >= 15 is 0 Å². The molecule has 0 aliphatic heterocycles. The summed E-state index contributed by atoms with van der Waals surface area (Å²) in [7, 11) is 1.62. The Kier molecular flexibility index (Phi) is 11.2. The lowest BCUT2D eigenvalue weighted by molar-refractivity contribution is 0.368. The molecule has 3 heterocycles. The molecule has 0 fully saturated rings. The van der Waals surface area contributed by atoms with Gasteiger partial charge in [-0.2, -0.15) is 19.7 Å². The summed E-state index contributed by atoms with van der Waals surface area (Å²) < 4.78 is 26.4. The predicted octanol–water partition coefficient (Wildman–Crippen LogP) is 10.6. The SMILES string of the molecule is CCn1cc2c(Cl)c(Br)ccc2n1.CCn1nc2ccc(Br)c(Cl)c2c1F.CCn1nc2ccc(Br)c(Cl)c2c1OC. The van der Waals surface area contributed by atoms with Crippen LogP contribution in [0.4, 0.5) is 4.39 Å². The molecule has 0 N–H and O–H groups in total. The molecule has 42 heavy (non-hydrogen) atoms. The molecule has 7 nitrogen and oxygen atoms in total. The fourth-order valence-corrected chi connectivity index (χ4v) is 5.82. The lowest BCUT2D eigenvalue weighted by Gasteiger charge is -2.03. The van der Waals surface area contributed by atoms with Crippen molar-refractivity contribution in [3.8, 4) is 5.88 Å². The summed E-state index contributed by atoms with van der Waals surface area (Å²) in [4.78, 5) is 0. The van der Waals surface area contributed by atoms with Crippen LogP contribution in [0.5, 0.6) is 5.88 Å². The second-order valence-electron chi connectivity index (χ2n) is 8.72. The lowest BCUT2D eigenvalue weighted by Crippen LogP contribution is -1.99. The third-order valence-corrected chi connectivity index (χ3v) is 10.1. The molecule has 0 aliphatic carbocycles. The van der Waals surface area contributed by atoms with E-state index in [2.05, 4.69) is 70.0 Å². The molecule has 3 aromatic heterocycles. The van der Waals surface area contributed by atoms with Crippen LogP contribution in [0.15, 0.2) is 56.0 Å². The van der Waals surface area contributed by atoms with E-state index in [1.54, 1.807) is 23.9 Å². The molecular weight excluding hydrogens is 801 g/mol. The van der Waals surface area contributed by atoms with Gasteiger partial charge in [0.2, 0.25) is 11.8 Å². The fraction of sp³-hybridized carbons (Fsp3) is 0.250. The summed E-state index contributed by atoms with van der Waals surface area (Å²) >= 11 is 28.3. The molecule has 0 spiro atoms. The summed E-state index contributed by atoms with van der Waals surface area (Å²) in [6.07, 6.45) is 1.96. The van der Waals surface area contributed by atoms with Gasteiger partial charge in [0.1, 0.15) is 0 Å². The predicted molar refractivity (Wildman–Crippen MR) is 181 cm³/mol. The summed E-state index contributed by atoms with van der Waals surface area (Å²) in [6, 6.07) is 11.2. The number of halogens is 7. The Hall–Kier alpha value is -1.89. The molecule has 6 rings (SSSR count). The first-order chi connectivity index (χ1) is 20.1. The number of fused-ring (bicyclic) bond motifs is 3. The van der Waals surface area contributed by atoms with Gasteiger partial charge >= 0.3 is 0 Å². The average Bonchev–Trinajstić information content (AvgIpc) is 3.68. The van der Waals surface area contributed by atoms with Crippen molar-refractivity contribution in [2.45, 2.75) is 40.4 Å². The molecule has 3 aromatic carbocycles. The van der Waals surface area contributed by atoms with Crippen LogP contribution in [-0.4, -0.2) is 36.5 Å². The van der Waals surface area contributed by atoms with Crippen molar-refractivity contribution in [1.29, 1.82) is 0 Å². The Balaban J connectivity index is 0.000000145. The van der Waals surface area contributed by atoms with Gasteiger partial charge in [-0.3, -0.25) is 4.68 Å². The maximum absolute atomic E-state index is 13.7. The van der Waals surface area contributed by atoms with Crippen LogP contribution < -0.4 is 4.74 Å². The van der Waals surface area contributed by atoms with Crippen LogP contribution >= 0.6 is 82.6 Å². The topological polar surface area (TPSA) is 62.7 Å². The molecule has 0 atom stereocenters. The van der Waals surface area contributed by atoms with E-state index in [9.17, 15) is 4.39 Å². The summed E-state index contributed by atoms with van der Waals surface area (Å²) in [5, 5.41) is 16.8. The first-order valence-corrected chi connectivity index (χ1v) is 16.3. The van der Waals surface area contributed by atoms with Gasteiger partial charge in [0.05, 0.1) is 49.5 Å². The highest BCUT2D eigenvalue weighted by atomic mass is 79.9. The van der Waals surface area contributed by atoms with Crippen molar-refractivity contribution in [1.82, 2.24) is 29.3 Å². The highest BCUT2D eigenvalue weighted by Gasteiger charge is 2.16. The van der Waals surface area contributed by atoms with Crippen molar-refractivity contribution >= 4 is 115 Å². The van der Waals surface area contributed by atoms with E-state index < -0.39 is 0 Å². The molecule has 222 valence electrons. The molecule has 0 saturated carbocycles. The molecule has 0 saturated heterocycles. The zero-order chi connectivity index (χ0) is 30.7. The number of rotatable bonds is 4. The molecule has 0 aliphatic rings. The van der Waals surface area contributed by atoms with Crippen LogP contribution in [0.3, 0.4) is 0 Å². The molecular formula is C28H25Br3Cl3FN6O. The minimum absolute atomic E-state index is 0.375. The number of benzene rings is 3. The van der Waals surface area contributed by atoms with Crippen molar-refractivity contribution in [3.63, 3.8) is 0 Å². The first-order valence-electron chi connectivity index (χ1n) is 12.8. The van der Waals surface area contributed by atoms with Crippen molar-refractivity contribution < 1.29 is 9.13 Å². The number of nitrogens with zero attached hydrogens (tertiary/aromatic N) is 6. The van der Waals surface area contributed by atoms with E-state index in [1.807, 2.05) is 49.0 Å². The van der Waals surface area contributed by atoms with Gasteiger partial charge in [0.15, 0.2) is 0 Å². The van der Waals surface area contributed by atoms with Gasteiger partial charge < -0.3 is 4.74 Å². The normalized spacial score (nSPS) is 11.0. The Morgan fingerprint density at radius 2 is 1.19 bits per heavy atom. The second kappa shape index (κ2) is 14.3. The highest BCUT2D eigenvalue weighted by Crippen LogP contribution is 2.37. The number of hydrogen-bond acceptors (Lipinski definition) is 4. The zero-order valence-corrected chi connectivity index (χ0v) is 29.9. The van der Waals surface area contributed by atoms with Gasteiger partial charge in [-0.15, -0.1) is 0 Å². The fourth-order valence-electron chi connectivity index (χ4n) is 4.13. The Morgan fingerprint density at radius 3 is 1.74 bits per heavy atom. The highest BCUT2D eigenvalue weighted by molar-refractivity contribution is 9.11. The zero-order valence-electron chi connectivity index (χ0n) is 22.9. The quantitative estimate of drug-likeness (QED) is 0.178.